The van der Waals surface area contributed by atoms with E-state index >= 15 is 0 Å². The zero-order valence-corrected chi connectivity index (χ0v) is 14.0. The van der Waals surface area contributed by atoms with Crippen LogP contribution in [-0.2, 0) is 19.1 Å². The van der Waals surface area contributed by atoms with Crippen LogP contribution in [0.5, 0.6) is 0 Å². The minimum absolute atomic E-state index is 0.236. The number of Topliss-reactive ketones (excluding diaryl/α,β-unsaturated/α-hetero) is 1. The number of ether oxygens (including phenoxy) is 1. The summed E-state index contributed by atoms with van der Waals surface area (Å²) in [5, 5.41) is 11.8. The summed E-state index contributed by atoms with van der Waals surface area (Å²) in [5.74, 6) is -2.85. The van der Waals surface area contributed by atoms with E-state index in [-0.39, 0.29) is 5.56 Å². The maximum Gasteiger partial charge on any atom is 0.326 e. The molecule has 1 aliphatic carbocycles. The Bertz CT molecular complexity index is 820. The van der Waals surface area contributed by atoms with Gasteiger partial charge in [0.2, 0.25) is 0 Å². The molecular weight excluding hydrogens is 338 g/mol. The molecule has 3 rings (SSSR count). The van der Waals surface area contributed by atoms with E-state index in [9.17, 15) is 24.4 Å². The standard InChI is InChI=1S/C18H17N3O5/c19-11-18(7-3-4-8-18)20-14(22)10-26-15(23)9-21-13-6-2-1-5-12(13)16(24)17(21)25/h1-2,5-6H,3-4,7-10H2,(H,20,22). The zero-order valence-electron chi connectivity index (χ0n) is 14.0. The molecule has 0 bridgehead atoms. The number of ketones is 1. The molecule has 1 aromatic carbocycles. The summed E-state index contributed by atoms with van der Waals surface area (Å²) in [6, 6.07) is 8.47. The second-order valence-electron chi connectivity index (χ2n) is 6.35. The normalized spacial score (nSPS) is 17.6. The number of anilines is 1. The third-order valence-corrected chi connectivity index (χ3v) is 4.58. The molecular formula is C18H17N3O5. The molecule has 2 aliphatic rings. The maximum absolute atomic E-state index is 12.0. The number of benzene rings is 1. The van der Waals surface area contributed by atoms with Crippen LogP contribution in [0.4, 0.5) is 5.69 Å². The molecule has 26 heavy (non-hydrogen) atoms. The van der Waals surface area contributed by atoms with Gasteiger partial charge < -0.3 is 10.1 Å². The number of nitrogens with one attached hydrogen (secondary N) is 1. The SMILES string of the molecule is N#CC1(NC(=O)COC(=O)CN2C(=O)C(=O)c3ccccc32)CCCC1. The third kappa shape index (κ3) is 3.28. The first-order valence-corrected chi connectivity index (χ1v) is 8.29. The number of nitriles is 1. The van der Waals surface area contributed by atoms with E-state index in [2.05, 4.69) is 11.4 Å². The molecule has 1 N–H and O–H groups in total. The fourth-order valence-electron chi connectivity index (χ4n) is 3.27. The number of hydrogen-bond donors (Lipinski definition) is 1. The van der Waals surface area contributed by atoms with Crippen LogP contribution in [0.2, 0.25) is 0 Å². The number of para-hydroxylation sites is 1. The minimum Gasteiger partial charge on any atom is -0.454 e. The summed E-state index contributed by atoms with van der Waals surface area (Å²) in [5.41, 5.74) is -0.307. The van der Waals surface area contributed by atoms with Gasteiger partial charge in [-0.1, -0.05) is 12.1 Å². The van der Waals surface area contributed by atoms with E-state index < -0.39 is 42.3 Å². The van der Waals surface area contributed by atoms with Gasteiger partial charge in [-0.25, -0.2) is 0 Å². The summed E-state index contributed by atoms with van der Waals surface area (Å²) in [4.78, 5) is 48.8. The van der Waals surface area contributed by atoms with E-state index in [0.717, 1.165) is 17.7 Å². The number of carbonyl (C=O) groups is 4. The Morgan fingerprint density at radius 1 is 1.23 bits per heavy atom. The smallest absolute Gasteiger partial charge is 0.326 e. The number of nitrogens with zero attached hydrogens (tertiary/aromatic N) is 2. The zero-order chi connectivity index (χ0) is 18.7. The van der Waals surface area contributed by atoms with E-state index in [1.54, 1.807) is 18.2 Å². The molecule has 0 radical (unpaired) electrons. The van der Waals surface area contributed by atoms with Gasteiger partial charge in [0.1, 0.15) is 12.1 Å². The maximum atomic E-state index is 12.0. The predicted molar refractivity (Wildman–Crippen MR) is 89.0 cm³/mol. The number of carbonyl (C=O) groups excluding carboxylic acids is 4. The van der Waals surface area contributed by atoms with Crippen molar-refractivity contribution in [2.24, 2.45) is 0 Å². The van der Waals surface area contributed by atoms with Crippen molar-refractivity contribution in [1.82, 2.24) is 5.32 Å². The molecule has 1 aromatic rings. The van der Waals surface area contributed by atoms with E-state index in [0.29, 0.717) is 18.5 Å². The van der Waals surface area contributed by atoms with Crippen molar-refractivity contribution in [3.63, 3.8) is 0 Å². The Hall–Kier alpha value is -3.21. The summed E-state index contributed by atoms with van der Waals surface area (Å²) < 4.78 is 4.90. The van der Waals surface area contributed by atoms with Gasteiger partial charge in [-0.05, 0) is 37.8 Å². The van der Waals surface area contributed by atoms with Crippen LogP contribution in [0.25, 0.3) is 0 Å². The highest BCUT2D eigenvalue weighted by atomic mass is 16.5. The van der Waals surface area contributed by atoms with Gasteiger partial charge in [-0.3, -0.25) is 24.1 Å². The molecule has 0 atom stereocenters. The molecule has 134 valence electrons. The molecule has 1 saturated carbocycles. The Morgan fingerprint density at radius 3 is 2.62 bits per heavy atom. The average molecular weight is 355 g/mol. The molecule has 1 aliphatic heterocycles. The van der Waals surface area contributed by atoms with Gasteiger partial charge in [0, 0.05) is 0 Å². The van der Waals surface area contributed by atoms with Gasteiger partial charge in [-0.15, -0.1) is 0 Å². The van der Waals surface area contributed by atoms with Crippen molar-refractivity contribution in [3.8, 4) is 6.07 Å². The van der Waals surface area contributed by atoms with Crippen molar-refractivity contribution in [2.75, 3.05) is 18.1 Å². The quantitative estimate of drug-likeness (QED) is 0.614. The second kappa shape index (κ2) is 6.96. The van der Waals surface area contributed by atoms with Gasteiger partial charge >= 0.3 is 5.97 Å². The molecule has 2 amide bonds. The van der Waals surface area contributed by atoms with Crippen LogP contribution in [0.1, 0.15) is 36.0 Å². The molecule has 0 unspecified atom stereocenters. The van der Waals surface area contributed by atoms with Crippen LogP contribution < -0.4 is 10.2 Å². The fraction of sp³-hybridized carbons (Fsp3) is 0.389. The number of rotatable bonds is 5. The van der Waals surface area contributed by atoms with Gasteiger partial charge in [0.05, 0.1) is 17.3 Å². The van der Waals surface area contributed by atoms with Crippen molar-refractivity contribution in [2.45, 2.75) is 31.2 Å². The summed E-state index contributed by atoms with van der Waals surface area (Å²) in [6.45, 7) is -1.00. The first-order valence-electron chi connectivity index (χ1n) is 8.29. The van der Waals surface area contributed by atoms with Crippen molar-refractivity contribution in [3.05, 3.63) is 29.8 Å². The van der Waals surface area contributed by atoms with Crippen molar-refractivity contribution < 1.29 is 23.9 Å². The lowest BCUT2D eigenvalue weighted by molar-refractivity contribution is -0.147. The predicted octanol–water partition coefficient (Wildman–Crippen LogP) is 0.712. The third-order valence-electron chi connectivity index (χ3n) is 4.58. The average Bonchev–Trinajstić information content (AvgIpc) is 3.20. The van der Waals surface area contributed by atoms with Gasteiger partial charge in [0.25, 0.3) is 17.6 Å². The van der Waals surface area contributed by atoms with Crippen LogP contribution >= 0.6 is 0 Å². The Balaban J connectivity index is 1.55. The van der Waals surface area contributed by atoms with Crippen molar-refractivity contribution >= 4 is 29.3 Å². The lowest BCUT2D eigenvalue weighted by Crippen LogP contribution is -2.47. The summed E-state index contributed by atoms with van der Waals surface area (Å²) in [6.07, 6.45) is 2.87. The van der Waals surface area contributed by atoms with Crippen LogP contribution in [0.15, 0.2) is 24.3 Å². The number of esters is 1. The number of hydrogen-bond acceptors (Lipinski definition) is 6. The second-order valence-corrected chi connectivity index (χ2v) is 6.35. The van der Waals surface area contributed by atoms with E-state index in [1.807, 2.05) is 0 Å². The van der Waals surface area contributed by atoms with Crippen LogP contribution in [0, 0.1) is 11.3 Å². The highest BCUT2D eigenvalue weighted by Crippen LogP contribution is 2.29. The first-order chi connectivity index (χ1) is 12.5. The Kier molecular flexibility index (Phi) is 4.71. The number of amides is 2. The monoisotopic (exact) mass is 355 g/mol. The minimum atomic E-state index is -0.889. The Morgan fingerprint density at radius 2 is 1.92 bits per heavy atom. The molecule has 8 nitrogen and oxygen atoms in total. The number of fused-ring (bicyclic) bond motifs is 1. The first kappa shape index (κ1) is 17.6. The van der Waals surface area contributed by atoms with Crippen molar-refractivity contribution in [1.29, 1.82) is 5.26 Å². The summed E-state index contributed by atoms with van der Waals surface area (Å²) in [7, 11) is 0. The lowest BCUT2D eigenvalue weighted by atomic mass is 10.00. The molecule has 0 saturated heterocycles. The van der Waals surface area contributed by atoms with Crippen LogP contribution in [-0.4, -0.2) is 42.3 Å². The highest BCUT2D eigenvalue weighted by molar-refractivity contribution is 6.52. The molecule has 0 spiro atoms. The van der Waals surface area contributed by atoms with E-state index in [4.69, 9.17) is 4.74 Å². The molecule has 8 heteroatoms. The largest absolute Gasteiger partial charge is 0.454 e. The van der Waals surface area contributed by atoms with E-state index in [1.165, 1.54) is 6.07 Å². The Labute approximate surface area is 149 Å². The molecule has 1 heterocycles. The fourth-order valence-corrected chi connectivity index (χ4v) is 3.27. The topological polar surface area (TPSA) is 117 Å². The molecule has 0 aromatic heterocycles. The highest BCUT2D eigenvalue weighted by Gasteiger charge is 2.37. The van der Waals surface area contributed by atoms with Crippen LogP contribution in [0.3, 0.4) is 0 Å². The van der Waals surface area contributed by atoms with Gasteiger partial charge in [0.15, 0.2) is 6.61 Å². The molecule has 1 fully saturated rings. The van der Waals surface area contributed by atoms with Gasteiger partial charge in [-0.2, -0.15) is 5.26 Å². The lowest BCUT2D eigenvalue weighted by Gasteiger charge is -2.22. The summed E-state index contributed by atoms with van der Waals surface area (Å²) >= 11 is 0.